The van der Waals surface area contributed by atoms with Crippen molar-refractivity contribution in [3.63, 3.8) is 0 Å². The lowest BCUT2D eigenvalue weighted by Gasteiger charge is -2.41. The smallest absolute Gasteiger partial charge is 0.0751 e. The molecule has 94 valence electrons. The van der Waals surface area contributed by atoms with Crippen LogP contribution in [0.5, 0.6) is 0 Å². The van der Waals surface area contributed by atoms with Gasteiger partial charge in [-0.15, -0.1) is 0 Å². The SMILES string of the molecule is C[C@@H]1CCC[C@@H](C)N1c1c(Cl)cc(N)cc1Cl. The molecule has 0 bridgehead atoms. The Kier molecular flexibility index (Phi) is 3.74. The molecule has 1 aliphatic heterocycles. The second-order valence-electron chi connectivity index (χ2n) is 4.87. The molecular weight excluding hydrogens is 255 g/mol. The zero-order valence-corrected chi connectivity index (χ0v) is 11.7. The third-order valence-corrected chi connectivity index (χ3v) is 4.07. The molecule has 0 radical (unpaired) electrons. The Labute approximate surface area is 113 Å². The fourth-order valence-corrected chi connectivity index (χ4v) is 3.39. The van der Waals surface area contributed by atoms with E-state index in [9.17, 15) is 0 Å². The van der Waals surface area contributed by atoms with Gasteiger partial charge in [-0.3, -0.25) is 0 Å². The number of nitrogen functional groups attached to an aromatic ring is 1. The maximum absolute atomic E-state index is 6.29. The lowest BCUT2D eigenvalue weighted by molar-refractivity contribution is 0.414. The van der Waals surface area contributed by atoms with Crippen LogP contribution in [-0.4, -0.2) is 12.1 Å². The fourth-order valence-electron chi connectivity index (χ4n) is 2.69. The normalized spacial score (nSPS) is 25.1. The van der Waals surface area contributed by atoms with E-state index < -0.39 is 0 Å². The molecule has 1 saturated heterocycles. The highest BCUT2D eigenvalue weighted by molar-refractivity contribution is 6.39. The molecule has 1 aromatic rings. The summed E-state index contributed by atoms with van der Waals surface area (Å²) < 4.78 is 0. The van der Waals surface area contributed by atoms with Crippen molar-refractivity contribution >= 4 is 34.6 Å². The van der Waals surface area contributed by atoms with Gasteiger partial charge in [0, 0.05) is 17.8 Å². The van der Waals surface area contributed by atoms with Crippen molar-refractivity contribution in [3.05, 3.63) is 22.2 Å². The minimum absolute atomic E-state index is 0.470. The second-order valence-corrected chi connectivity index (χ2v) is 5.68. The summed E-state index contributed by atoms with van der Waals surface area (Å²) in [6.07, 6.45) is 3.63. The predicted molar refractivity (Wildman–Crippen MR) is 76.1 cm³/mol. The van der Waals surface area contributed by atoms with Crippen LogP contribution in [0.2, 0.25) is 10.0 Å². The summed E-state index contributed by atoms with van der Waals surface area (Å²) in [6, 6.07) is 4.49. The minimum Gasteiger partial charge on any atom is -0.399 e. The molecule has 4 heteroatoms. The van der Waals surface area contributed by atoms with Gasteiger partial charge in [-0.05, 0) is 45.2 Å². The molecule has 0 spiro atoms. The van der Waals surface area contributed by atoms with Gasteiger partial charge < -0.3 is 10.6 Å². The van der Waals surface area contributed by atoms with Crippen LogP contribution in [0, 0.1) is 0 Å². The number of halogens is 2. The average molecular weight is 273 g/mol. The molecule has 2 atom stereocenters. The van der Waals surface area contributed by atoms with Gasteiger partial charge in [0.05, 0.1) is 15.7 Å². The van der Waals surface area contributed by atoms with Crippen molar-refractivity contribution in [2.45, 2.75) is 45.2 Å². The van der Waals surface area contributed by atoms with E-state index in [-0.39, 0.29) is 0 Å². The van der Waals surface area contributed by atoms with Gasteiger partial charge in [-0.1, -0.05) is 23.2 Å². The summed E-state index contributed by atoms with van der Waals surface area (Å²) in [7, 11) is 0. The van der Waals surface area contributed by atoms with Crippen LogP contribution in [-0.2, 0) is 0 Å². The molecule has 2 nitrogen and oxygen atoms in total. The number of nitrogens with two attached hydrogens (primary N) is 1. The Morgan fingerprint density at radius 2 is 1.59 bits per heavy atom. The van der Waals surface area contributed by atoms with Crippen LogP contribution in [0.25, 0.3) is 0 Å². The molecule has 2 rings (SSSR count). The van der Waals surface area contributed by atoms with Crippen LogP contribution >= 0.6 is 23.2 Å². The molecule has 0 aliphatic carbocycles. The van der Waals surface area contributed by atoms with Gasteiger partial charge in [-0.25, -0.2) is 0 Å². The third-order valence-electron chi connectivity index (χ3n) is 3.49. The molecule has 1 heterocycles. The van der Waals surface area contributed by atoms with Crippen LogP contribution in [0.4, 0.5) is 11.4 Å². The zero-order chi connectivity index (χ0) is 12.6. The maximum Gasteiger partial charge on any atom is 0.0751 e. The van der Waals surface area contributed by atoms with Crippen molar-refractivity contribution < 1.29 is 0 Å². The van der Waals surface area contributed by atoms with E-state index in [4.69, 9.17) is 28.9 Å². The van der Waals surface area contributed by atoms with Gasteiger partial charge in [0.25, 0.3) is 0 Å². The van der Waals surface area contributed by atoms with Crippen molar-refractivity contribution in [2.24, 2.45) is 0 Å². The van der Waals surface area contributed by atoms with E-state index in [0.29, 0.717) is 27.8 Å². The number of benzene rings is 1. The average Bonchev–Trinajstić information content (AvgIpc) is 2.21. The van der Waals surface area contributed by atoms with Crippen LogP contribution in [0.3, 0.4) is 0 Å². The van der Waals surface area contributed by atoms with E-state index in [1.54, 1.807) is 12.1 Å². The zero-order valence-electron chi connectivity index (χ0n) is 10.2. The molecular formula is C13H18Cl2N2. The van der Waals surface area contributed by atoms with Crippen LogP contribution < -0.4 is 10.6 Å². The summed E-state index contributed by atoms with van der Waals surface area (Å²) in [4.78, 5) is 2.33. The number of hydrogen-bond acceptors (Lipinski definition) is 2. The molecule has 1 fully saturated rings. The monoisotopic (exact) mass is 272 g/mol. The summed E-state index contributed by atoms with van der Waals surface area (Å²) in [5.41, 5.74) is 7.28. The summed E-state index contributed by atoms with van der Waals surface area (Å²) in [6.45, 7) is 4.44. The number of rotatable bonds is 1. The number of nitrogens with zero attached hydrogens (tertiary/aromatic N) is 1. The lowest BCUT2D eigenvalue weighted by atomic mass is 9.96. The molecule has 0 saturated carbocycles. The van der Waals surface area contributed by atoms with Crippen LogP contribution in [0.15, 0.2) is 12.1 Å². The number of piperidine rings is 1. The summed E-state index contributed by atoms with van der Waals surface area (Å²) >= 11 is 12.6. The van der Waals surface area contributed by atoms with E-state index in [0.717, 1.165) is 5.69 Å². The highest BCUT2D eigenvalue weighted by atomic mass is 35.5. The standard InChI is InChI=1S/C13H18Cl2N2/c1-8-4-3-5-9(2)17(8)13-11(14)6-10(16)7-12(13)15/h6-9H,3-5,16H2,1-2H3/t8-,9-/m1/s1. The fraction of sp³-hybridized carbons (Fsp3) is 0.538. The Hall–Kier alpha value is -0.600. The third kappa shape index (κ3) is 2.48. The second kappa shape index (κ2) is 4.95. The van der Waals surface area contributed by atoms with Crippen molar-refractivity contribution in [1.29, 1.82) is 0 Å². The Bertz CT molecular complexity index is 387. The first-order chi connectivity index (χ1) is 8.00. The number of anilines is 2. The number of hydrogen-bond donors (Lipinski definition) is 1. The van der Waals surface area contributed by atoms with Gasteiger partial charge >= 0.3 is 0 Å². The lowest BCUT2D eigenvalue weighted by Crippen LogP contribution is -2.44. The van der Waals surface area contributed by atoms with Gasteiger partial charge in [0.2, 0.25) is 0 Å². The van der Waals surface area contributed by atoms with Crippen LogP contribution in [0.1, 0.15) is 33.1 Å². The molecule has 0 amide bonds. The van der Waals surface area contributed by atoms with Gasteiger partial charge in [0.15, 0.2) is 0 Å². The molecule has 0 unspecified atom stereocenters. The van der Waals surface area contributed by atoms with Crippen molar-refractivity contribution in [1.82, 2.24) is 0 Å². The first kappa shape index (κ1) is 12.8. The van der Waals surface area contributed by atoms with Crippen molar-refractivity contribution in [2.75, 3.05) is 10.6 Å². The van der Waals surface area contributed by atoms with E-state index in [2.05, 4.69) is 18.7 Å². The van der Waals surface area contributed by atoms with Gasteiger partial charge in [-0.2, -0.15) is 0 Å². The Morgan fingerprint density at radius 1 is 1.12 bits per heavy atom. The quantitative estimate of drug-likeness (QED) is 0.771. The summed E-state index contributed by atoms with van der Waals surface area (Å²) in [5, 5.41) is 1.30. The minimum atomic E-state index is 0.470. The molecule has 1 aromatic carbocycles. The first-order valence-electron chi connectivity index (χ1n) is 6.03. The maximum atomic E-state index is 6.29. The highest BCUT2D eigenvalue weighted by Crippen LogP contribution is 2.40. The highest BCUT2D eigenvalue weighted by Gasteiger charge is 2.28. The Balaban J connectivity index is 2.44. The largest absolute Gasteiger partial charge is 0.399 e. The van der Waals surface area contributed by atoms with E-state index >= 15 is 0 Å². The molecule has 1 aliphatic rings. The van der Waals surface area contributed by atoms with Gasteiger partial charge in [0.1, 0.15) is 0 Å². The Morgan fingerprint density at radius 3 is 2.06 bits per heavy atom. The molecule has 17 heavy (non-hydrogen) atoms. The summed E-state index contributed by atoms with van der Waals surface area (Å²) in [5.74, 6) is 0. The van der Waals surface area contributed by atoms with E-state index in [1.165, 1.54) is 19.3 Å². The van der Waals surface area contributed by atoms with E-state index in [1.807, 2.05) is 0 Å². The predicted octanol–water partition coefficient (Wildman–Crippen LogP) is 4.34. The van der Waals surface area contributed by atoms with Crippen molar-refractivity contribution in [3.8, 4) is 0 Å². The molecule has 2 N–H and O–H groups in total. The molecule has 0 aromatic heterocycles. The first-order valence-corrected chi connectivity index (χ1v) is 6.79. The topological polar surface area (TPSA) is 29.3 Å².